The van der Waals surface area contributed by atoms with E-state index in [1.807, 2.05) is 18.2 Å². The van der Waals surface area contributed by atoms with Gasteiger partial charge in [-0.1, -0.05) is 18.2 Å². The SMILES string of the molecule is COC(OC)C(C)(O)CC1CCOc2ccccc21. The van der Waals surface area contributed by atoms with Crippen LogP contribution in [0.3, 0.4) is 0 Å². The third kappa shape index (κ3) is 3.08. The second kappa shape index (κ2) is 5.90. The molecule has 1 aromatic carbocycles. The summed E-state index contributed by atoms with van der Waals surface area (Å²) in [5, 5.41) is 10.6. The van der Waals surface area contributed by atoms with Crippen molar-refractivity contribution in [3.63, 3.8) is 0 Å². The average Bonchev–Trinajstić information content (AvgIpc) is 2.40. The fourth-order valence-electron chi connectivity index (χ4n) is 2.83. The normalized spacial score (nSPS) is 21.6. The monoisotopic (exact) mass is 266 g/mol. The van der Waals surface area contributed by atoms with E-state index in [2.05, 4.69) is 6.07 Å². The number of hydrogen-bond donors (Lipinski definition) is 1. The second-order valence-electron chi connectivity index (χ2n) is 5.24. The largest absolute Gasteiger partial charge is 0.493 e. The Labute approximate surface area is 114 Å². The van der Waals surface area contributed by atoms with Gasteiger partial charge in [0.2, 0.25) is 0 Å². The molecule has 2 atom stereocenters. The van der Waals surface area contributed by atoms with Crippen LogP contribution in [0.15, 0.2) is 24.3 Å². The van der Waals surface area contributed by atoms with Crippen molar-refractivity contribution in [3.8, 4) is 5.75 Å². The topological polar surface area (TPSA) is 47.9 Å². The Hall–Kier alpha value is -1.10. The van der Waals surface area contributed by atoms with Crippen LogP contribution in [0, 0.1) is 0 Å². The van der Waals surface area contributed by atoms with Crippen LogP contribution in [0.1, 0.15) is 31.2 Å². The van der Waals surface area contributed by atoms with Crippen molar-refractivity contribution in [1.82, 2.24) is 0 Å². The number of benzene rings is 1. The standard InChI is InChI=1S/C15H22O4/c1-15(16,14(17-2)18-3)10-11-8-9-19-13-7-5-4-6-12(11)13/h4-7,11,14,16H,8-10H2,1-3H3. The summed E-state index contributed by atoms with van der Waals surface area (Å²) in [6.07, 6.45) is 0.857. The van der Waals surface area contributed by atoms with Gasteiger partial charge in [-0.2, -0.15) is 0 Å². The number of hydrogen-bond acceptors (Lipinski definition) is 4. The minimum absolute atomic E-state index is 0.257. The zero-order valence-electron chi connectivity index (χ0n) is 11.8. The maximum absolute atomic E-state index is 10.6. The van der Waals surface area contributed by atoms with Crippen molar-refractivity contribution >= 4 is 0 Å². The zero-order chi connectivity index (χ0) is 13.9. The first-order chi connectivity index (χ1) is 9.08. The third-order valence-corrected chi connectivity index (χ3v) is 3.68. The fraction of sp³-hybridized carbons (Fsp3) is 0.600. The van der Waals surface area contributed by atoms with Crippen molar-refractivity contribution in [2.75, 3.05) is 20.8 Å². The summed E-state index contributed by atoms with van der Waals surface area (Å²) in [5.41, 5.74) is 0.124. The van der Waals surface area contributed by atoms with Gasteiger partial charge in [0.25, 0.3) is 0 Å². The molecule has 2 unspecified atom stereocenters. The molecule has 0 spiro atoms. The van der Waals surface area contributed by atoms with Gasteiger partial charge in [-0.15, -0.1) is 0 Å². The van der Waals surface area contributed by atoms with E-state index in [0.29, 0.717) is 13.0 Å². The molecule has 0 aromatic heterocycles. The molecule has 1 heterocycles. The Bertz CT molecular complexity index is 412. The van der Waals surface area contributed by atoms with Crippen LogP contribution in [-0.4, -0.2) is 37.8 Å². The molecule has 106 valence electrons. The molecule has 0 aliphatic carbocycles. The van der Waals surface area contributed by atoms with E-state index in [0.717, 1.165) is 17.7 Å². The van der Waals surface area contributed by atoms with Crippen molar-refractivity contribution < 1.29 is 19.3 Å². The first-order valence-electron chi connectivity index (χ1n) is 6.58. The Morgan fingerprint density at radius 3 is 2.74 bits per heavy atom. The van der Waals surface area contributed by atoms with Crippen LogP contribution in [0.2, 0.25) is 0 Å². The lowest BCUT2D eigenvalue weighted by molar-refractivity contribution is -0.212. The number of ether oxygens (including phenoxy) is 3. The molecule has 4 heteroatoms. The first-order valence-corrected chi connectivity index (χ1v) is 6.58. The highest BCUT2D eigenvalue weighted by atomic mass is 16.7. The zero-order valence-corrected chi connectivity index (χ0v) is 11.8. The smallest absolute Gasteiger partial charge is 0.185 e. The van der Waals surface area contributed by atoms with E-state index < -0.39 is 11.9 Å². The molecule has 0 saturated carbocycles. The van der Waals surface area contributed by atoms with Gasteiger partial charge in [0.1, 0.15) is 11.4 Å². The van der Waals surface area contributed by atoms with Crippen LogP contribution in [0.5, 0.6) is 5.75 Å². The first kappa shape index (κ1) is 14.3. The number of aliphatic hydroxyl groups is 1. The summed E-state index contributed by atoms with van der Waals surface area (Å²) in [6.45, 7) is 2.44. The van der Waals surface area contributed by atoms with Crippen LogP contribution in [-0.2, 0) is 9.47 Å². The van der Waals surface area contributed by atoms with E-state index in [-0.39, 0.29) is 5.92 Å². The van der Waals surface area contributed by atoms with Crippen LogP contribution in [0.4, 0.5) is 0 Å². The Kier molecular flexibility index (Phi) is 4.45. The van der Waals surface area contributed by atoms with Crippen molar-refractivity contribution in [3.05, 3.63) is 29.8 Å². The van der Waals surface area contributed by atoms with Crippen molar-refractivity contribution in [2.24, 2.45) is 0 Å². The molecule has 0 amide bonds. The predicted octanol–water partition coefficient (Wildman–Crippen LogP) is 2.31. The predicted molar refractivity (Wildman–Crippen MR) is 72.3 cm³/mol. The lowest BCUT2D eigenvalue weighted by Gasteiger charge is -2.35. The molecule has 1 aliphatic heterocycles. The van der Waals surface area contributed by atoms with Gasteiger partial charge >= 0.3 is 0 Å². The van der Waals surface area contributed by atoms with Gasteiger partial charge in [0.05, 0.1) is 6.61 Å². The highest BCUT2D eigenvalue weighted by Crippen LogP contribution is 2.39. The summed E-state index contributed by atoms with van der Waals surface area (Å²) >= 11 is 0. The Balaban J connectivity index is 2.16. The van der Waals surface area contributed by atoms with Gasteiger partial charge in [-0.25, -0.2) is 0 Å². The maximum Gasteiger partial charge on any atom is 0.185 e. The fourth-order valence-corrected chi connectivity index (χ4v) is 2.83. The molecular weight excluding hydrogens is 244 g/mol. The summed E-state index contributed by atoms with van der Waals surface area (Å²) in [7, 11) is 3.08. The molecule has 19 heavy (non-hydrogen) atoms. The lowest BCUT2D eigenvalue weighted by Crippen LogP contribution is -2.43. The van der Waals surface area contributed by atoms with Crippen LogP contribution in [0.25, 0.3) is 0 Å². The maximum atomic E-state index is 10.6. The molecule has 0 bridgehead atoms. The molecule has 1 aromatic rings. The highest BCUT2D eigenvalue weighted by Gasteiger charge is 2.37. The second-order valence-corrected chi connectivity index (χ2v) is 5.24. The van der Waals surface area contributed by atoms with Gasteiger partial charge in [0, 0.05) is 14.2 Å². The molecule has 1 aliphatic rings. The molecule has 0 radical (unpaired) electrons. The molecule has 0 saturated heterocycles. The average molecular weight is 266 g/mol. The minimum Gasteiger partial charge on any atom is -0.493 e. The molecule has 0 fully saturated rings. The minimum atomic E-state index is -1.03. The molecule has 1 N–H and O–H groups in total. The highest BCUT2D eigenvalue weighted by molar-refractivity contribution is 5.37. The van der Waals surface area contributed by atoms with Crippen molar-refractivity contribution in [1.29, 1.82) is 0 Å². The van der Waals surface area contributed by atoms with E-state index in [4.69, 9.17) is 14.2 Å². The Morgan fingerprint density at radius 2 is 2.05 bits per heavy atom. The number of rotatable bonds is 5. The Morgan fingerprint density at radius 1 is 1.37 bits per heavy atom. The van der Waals surface area contributed by atoms with E-state index in [9.17, 15) is 5.11 Å². The van der Waals surface area contributed by atoms with Gasteiger partial charge < -0.3 is 19.3 Å². The van der Waals surface area contributed by atoms with E-state index >= 15 is 0 Å². The van der Waals surface area contributed by atoms with Crippen LogP contribution >= 0.6 is 0 Å². The summed E-state index contributed by atoms with van der Waals surface area (Å²) < 4.78 is 16.0. The quantitative estimate of drug-likeness (QED) is 0.831. The number of methoxy groups -OCH3 is 2. The van der Waals surface area contributed by atoms with Gasteiger partial charge in [-0.3, -0.25) is 0 Å². The summed E-state index contributed by atoms with van der Waals surface area (Å²) in [6, 6.07) is 8.00. The van der Waals surface area contributed by atoms with E-state index in [1.165, 1.54) is 0 Å². The van der Waals surface area contributed by atoms with Gasteiger partial charge in [-0.05, 0) is 37.3 Å². The van der Waals surface area contributed by atoms with Crippen molar-refractivity contribution in [2.45, 2.75) is 37.6 Å². The molecule has 4 nitrogen and oxygen atoms in total. The molecular formula is C15H22O4. The molecule has 2 rings (SSSR count). The number of fused-ring (bicyclic) bond motifs is 1. The van der Waals surface area contributed by atoms with Crippen LogP contribution < -0.4 is 4.74 Å². The number of para-hydroxylation sites is 1. The van der Waals surface area contributed by atoms with Gasteiger partial charge in [0.15, 0.2) is 6.29 Å². The van der Waals surface area contributed by atoms with E-state index in [1.54, 1.807) is 21.1 Å². The summed E-state index contributed by atoms with van der Waals surface area (Å²) in [4.78, 5) is 0. The third-order valence-electron chi connectivity index (χ3n) is 3.68. The lowest BCUT2D eigenvalue weighted by atomic mass is 9.83. The summed E-state index contributed by atoms with van der Waals surface area (Å²) in [5.74, 6) is 1.17.